The first-order valence-electron chi connectivity index (χ1n) is 5.28. The Bertz CT molecular complexity index is 214. The molecular formula is C10H20N3O2S. The summed E-state index contributed by atoms with van der Waals surface area (Å²) in [6, 6.07) is -1.14. The van der Waals surface area contributed by atoms with Crippen molar-refractivity contribution in [1.82, 2.24) is 5.32 Å². The Hall–Kier alpha value is -0.590. The van der Waals surface area contributed by atoms with Crippen LogP contribution in [0.5, 0.6) is 0 Å². The molecule has 0 unspecified atom stereocenters. The fourth-order valence-corrected chi connectivity index (χ4v) is 1.63. The molecule has 1 amide bonds. The van der Waals surface area contributed by atoms with Gasteiger partial charge in [0.05, 0.1) is 12.1 Å². The molecule has 6 heteroatoms. The second-order valence-corrected chi connectivity index (χ2v) is 4.48. The molecule has 0 rings (SSSR count). The van der Waals surface area contributed by atoms with Crippen molar-refractivity contribution in [3.63, 3.8) is 0 Å². The fourth-order valence-electron chi connectivity index (χ4n) is 1.14. The molecule has 0 aliphatic carbocycles. The summed E-state index contributed by atoms with van der Waals surface area (Å²) in [5.41, 5.74) is 11.0. The van der Waals surface area contributed by atoms with E-state index >= 15 is 0 Å². The van der Waals surface area contributed by atoms with Crippen LogP contribution in [0.4, 0.5) is 0 Å². The van der Waals surface area contributed by atoms with Gasteiger partial charge in [-0.25, -0.2) is 0 Å². The van der Waals surface area contributed by atoms with E-state index in [1.165, 1.54) is 0 Å². The van der Waals surface area contributed by atoms with Crippen LogP contribution in [-0.4, -0.2) is 42.8 Å². The van der Waals surface area contributed by atoms with Crippen LogP contribution in [0.1, 0.15) is 19.3 Å². The highest BCUT2D eigenvalue weighted by Crippen LogP contribution is 2.00. The van der Waals surface area contributed by atoms with Crippen LogP contribution < -0.4 is 16.8 Å². The molecule has 93 valence electrons. The van der Waals surface area contributed by atoms with Gasteiger partial charge in [-0.3, -0.25) is 9.59 Å². The van der Waals surface area contributed by atoms with Gasteiger partial charge in [0.25, 0.3) is 0 Å². The van der Waals surface area contributed by atoms with Gasteiger partial charge >= 0.3 is 0 Å². The van der Waals surface area contributed by atoms with Crippen molar-refractivity contribution in [3.05, 3.63) is 0 Å². The molecule has 2 atom stereocenters. The van der Waals surface area contributed by atoms with Crippen molar-refractivity contribution in [2.75, 3.05) is 18.6 Å². The van der Waals surface area contributed by atoms with Crippen LogP contribution in [0.3, 0.4) is 0 Å². The molecule has 0 aliphatic heterocycles. The molecule has 0 aromatic heterocycles. The topological polar surface area (TPSA) is 98.2 Å². The number of nitrogens with two attached hydrogens (primary N) is 2. The summed E-state index contributed by atoms with van der Waals surface area (Å²) in [7, 11) is 0. The monoisotopic (exact) mass is 246 g/mol. The summed E-state index contributed by atoms with van der Waals surface area (Å²) >= 11 is 1.63. The van der Waals surface area contributed by atoms with Gasteiger partial charge in [-0.05, 0) is 37.8 Å². The van der Waals surface area contributed by atoms with Gasteiger partial charge in [-0.15, -0.1) is 0 Å². The number of carbonyl (C=O) groups excluding carboxylic acids is 2. The van der Waals surface area contributed by atoms with Gasteiger partial charge < -0.3 is 16.8 Å². The standard InChI is InChI=1S/C10H20N3O2S/c1-16-6-4-9(12)10(15)13-8(7-14)3-2-5-11/h8-9H,2-6,11-12H2,1H3,(H,13,15)/t8-,9-/m0/s1. The first-order chi connectivity index (χ1) is 7.65. The number of amides is 1. The highest BCUT2D eigenvalue weighted by Gasteiger charge is 2.17. The molecule has 0 saturated carbocycles. The zero-order valence-corrected chi connectivity index (χ0v) is 10.4. The summed E-state index contributed by atoms with van der Waals surface area (Å²) in [5.74, 6) is 0.534. The minimum atomic E-state index is -0.587. The largest absolute Gasteiger partial charge is 0.344 e. The van der Waals surface area contributed by atoms with Crippen molar-refractivity contribution in [3.8, 4) is 0 Å². The summed E-state index contributed by atoms with van der Waals surface area (Å²) in [6.45, 7) is 0.493. The second kappa shape index (κ2) is 9.62. The van der Waals surface area contributed by atoms with E-state index in [4.69, 9.17) is 11.5 Å². The van der Waals surface area contributed by atoms with E-state index in [0.717, 1.165) is 5.75 Å². The normalized spacial score (nSPS) is 14.2. The Kier molecular flexibility index (Phi) is 9.27. The Morgan fingerprint density at radius 3 is 2.69 bits per heavy atom. The van der Waals surface area contributed by atoms with Gasteiger partial charge in [0, 0.05) is 0 Å². The predicted molar refractivity (Wildman–Crippen MR) is 66.9 cm³/mol. The SMILES string of the molecule is CSCC[C@H](N)C(=O)N[C@H]([C]=O)CCCN. The van der Waals surface area contributed by atoms with E-state index in [2.05, 4.69) is 5.32 Å². The zero-order chi connectivity index (χ0) is 12.4. The molecule has 0 spiro atoms. The summed E-state index contributed by atoms with van der Waals surface area (Å²) in [4.78, 5) is 22.1. The third kappa shape index (κ3) is 6.81. The number of hydrogen-bond acceptors (Lipinski definition) is 5. The first kappa shape index (κ1) is 15.4. The molecule has 5 nitrogen and oxygen atoms in total. The van der Waals surface area contributed by atoms with E-state index < -0.39 is 12.1 Å². The average molecular weight is 246 g/mol. The molecule has 0 heterocycles. The molecule has 0 aliphatic rings. The van der Waals surface area contributed by atoms with E-state index in [1.54, 1.807) is 18.0 Å². The molecule has 0 bridgehead atoms. The zero-order valence-electron chi connectivity index (χ0n) is 9.57. The third-order valence-electron chi connectivity index (χ3n) is 2.13. The van der Waals surface area contributed by atoms with Crippen LogP contribution in [0.15, 0.2) is 0 Å². The van der Waals surface area contributed by atoms with E-state index in [9.17, 15) is 9.59 Å². The van der Waals surface area contributed by atoms with Crippen LogP contribution in [-0.2, 0) is 9.59 Å². The van der Waals surface area contributed by atoms with Crippen LogP contribution in [0, 0.1) is 0 Å². The first-order valence-corrected chi connectivity index (χ1v) is 6.67. The third-order valence-corrected chi connectivity index (χ3v) is 2.77. The quantitative estimate of drug-likeness (QED) is 0.504. The lowest BCUT2D eigenvalue weighted by Gasteiger charge is -2.15. The van der Waals surface area contributed by atoms with Crippen molar-refractivity contribution in [1.29, 1.82) is 0 Å². The molecule has 0 aromatic rings. The highest BCUT2D eigenvalue weighted by atomic mass is 32.2. The highest BCUT2D eigenvalue weighted by molar-refractivity contribution is 7.98. The second-order valence-electron chi connectivity index (χ2n) is 3.50. The van der Waals surface area contributed by atoms with Gasteiger partial charge in [-0.2, -0.15) is 11.8 Å². The Balaban J connectivity index is 3.93. The van der Waals surface area contributed by atoms with Gasteiger partial charge in [-0.1, -0.05) is 0 Å². The minimum Gasteiger partial charge on any atom is -0.344 e. The van der Waals surface area contributed by atoms with Crippen molar-refractivity contribution in [2.24, 2.45) is 11.5 Å². The van der Waals surface area contributed by atoms with Gasteiger partial charge in [0.15, 0.2) is 0 Å². The number of hydrogen-bond donors (Lipinski definition) is 3. The molecule has 16 heavy (non-hydrogen) atoms. The van der Waals surface area contributed by atoms with Crippen LogP contribution in [0.2, 0.25) is 0 Å². The van der Waals surface area contributed by atoms with E-state index in [-0.39, 0.29) is 5.91 Å². The maximum atomic E-state index is 11.5. The maximum absolute atomic E-state index is 11.5. The molecule has 1 radical (unpaired) electrons. The van der Waals surface area contributed by atoms with Crippen molar-refractivity contribution in [2.45, 2.75) is 31.3 Å². The van der Waals surface area contributed by atoms with E-state index in [1.807, 2.05) is 6.26 Å². The number of rotatable bonds is 9. The lowest BCUT2D eigenvalue weighted by molar-refractivity contribution is -0.122. The van der Waals surface area contributed by atoms with Crippen molar-refractivity contribution < 1.29 is 9.59 Å². The summed E-state index contributed by atoms with van der Waals surface area (Å²) in [6.07, 6.45) is 5.53. The Labute approximate surface area is 101 Å². The van der Waals surface area contributed by atoms with Crippen LogP contribution in [0.25, 0.3) is 0 Å². The maximum Gasteiger partial charge on any atom is 0.237 e. The smallest absolute Gasteiger partial charge is 0.237 e. The summed E-state index contributed by atoms with van der Waals surface area (Å²) in [5, 5.41) is 2.56. The summed E-state index contributed by atoms with van der Waals surface area (Å²) < 4.78 is 0. The predicted octanol–water partition coefficient (Wildman–Crippen LogP) is -0.600. The number of nitrogens with one attached hydrogen (secondary N) is 1. The van der Waals surface area contributed by atoms with Gasteiger partial charge in [0.1, 0.15) is 0 Å². The molecule has 0 saturated heterocycles. The molecule has 5 N–H and O–H groups in total. The Morgan fingerprint density at radius 2 is 2.19 bits per heavy atom. The minimum absolute atomic E-state index is 0.292. The lowest BCUT2D eigenvalue weighted by Crippen LogP contribution is -2.46. The average Bonchev–Trinajstić information content (AvgIpc) is 2.30. The molecule has 0 aromatic carbocycles. The molecular weight excluding hydrogens is 226 g/mol. The van der Waals surface area contributed by atoms with Crippen molar-refractivity contribution >= 4 is 24.0 Å². The fraction of sp³-hybridized carbons (Fsp3) is 0.800. The van der Waals surface area contributed by atoms with Crippen LogP contribution >= 0.6 is 11.8 Å². The van der Waals surface area contributed by atoms with Gasteiger partial charge in [0.2, 0.25) is 12.2 Å². The van der Waals surface area contributed by atoms with E-state index in [0.29, 0.717) is 25.8 Å². The molecule has 0 fully saturated rings. The Morgan fingerprint density at radius 1 is 1.50 bits per heavy atom. The lowest BCUT2D eigenvalue weighted by atomic mass is 10.1. The number of thioether (sulfide) groups is 1. The number of carbonyl (C=O) groups is 1.